The van der Waals surface area contributed by atoms with E-state index in [1.807, 2.05) is 32.0 Å². The molecule has 0 saturated carbocycles. The van der Waals surface area contributed by atoms with E-state index >= 15 is 0 Å². The monoisotopic (exact) mass is 284 g/mol. The molecule has 1 N–H and O–H groups in total. The van der Waals surface area contributed by atoms with Crippen LogP contribution in [0, 0.1) is 6.92 Å². The van der Waals surface area contributed by atoms with Gasteiger partial charge in [0.1, 0.15) is 6.04 Å². The van der Waals surface area contributed by atoms with E-state index in [0.717, 1.165) is 10.2 Å². The van der Waals surface area contributed by atoms with Crippen molar-refractivity contribution >= 4 is 27.5 Å². The molecule has 0 heterocycles. The summed E-state index contributed by atoms with van der Waals surface area (Å²) in [6, 6.07) is 5.78. The summed E-state index contributed by atoms with van der Waals surface area (Å²) in [4.78, 5) is 13.3. The number of hydrogen-bond donors (Lipinski definition) is 1. The van der Waals surface area contributed by atoms with Crippen molar-refractivity contribution in [3.8, 4) is 0 Å². The molecule has 0 aliphatic heterocycles. The number of hydrogen-bond acceptors (Lipinski definition) is 2. The van der Waals surface area contributed by atoms with Gasteiger partial charge in [-0.25, -0.2) is 0 Å². The molecule has 88 valence electrons. The van der Waals surface area contributed by atoms with Gasteiger partial charge < -0.3 is 10.2 Å². The summed E-state index contributed by atoms with van der Waals surface area (Å²) in [5.74, 6) is 0.0625. The second-order valence-corrected chi connectivity index (χ2v) is 4.94. The molecule has 0 aromatic heterocycles. The second-order valence-electron chi connectivity index (χ2n) is 4.08. The van der Waals surface area contributed by atoms with Crippen LogP contribution in [0.2, 0.25) is 0 Å². The number of nitrogens with zero attached hydrogens (tertiary/aromatic N) is 1. The maximum Gasteiger partial charge on any atom is 0.244 e. The van der Waals surface area contributed by atoms with Crippen molar-refractivity contribution in [2.45, 2.75) is 19.9 Å². The minimum atomic E-state index is -0.228. The number of carbonyl (C=O) groups is 1. The molecule has 3 nitrogen and oxygen atoms in total. The minimum Gasteiger partial charge on any atom is -0.373 e. The Morgan fingerprint density at radius 3 is 2.56 bits per heavy atom. The molecule has 0 aliphatic rings. The lowest BCUT2D eigenvalue weighted by atomic mass is 10.2. The SMILES string of the molecule is Cc1ccc(NC(C)C(=O)N(C)C)c(Br)c1. The molecule has 1 unspecified atom stereocenters. The largest absolute Gasteiger partial charge is 0.373 e. The number of aryl methyl sites for hydroxylation is 1. The van der Waals surface area contributed by atoms with Gasteiger partial charge in [0.25, 0.3) is 0 Å². The lowest BCUT2D eigenvalue weighted by Crippen LogP contribution is -2.36. The minimum absolute atomic E-state index is 0.0625. The maximum absolute atomic E-state index is 11.7. The van der Waals surface area contributed by atoms with Crippen molar-refractivity contribution < 1.29 is 4.79 Å². The van der Waals surface area contributed by atoms with Crippen LogP contribution in [0.1, 0.15) is 12.5 Å². The van der Waals surface area contributed by atoms with Gasteiger partial charge in [-0.15, -0.1) is 0 Å². The van der Waals surface area contributed by atoms with Gasteiger partial charge in [0.15, 0.2) is 0 Å². The Morgan fingerprint density at radius 2 is 2.06 bits per heavy atom. The summed E-state index contributed by atoms with van der Waals surface area (Å²) in [6.07, 6.45) is 0. The Kier molecular flexibility index (Phi) is 4.35. The summed E-state index contributed by atoms with van der Waals surface area (Å²) in [6.45, 7) is 3.89. The molecular weight excluding hydrogens is 268 g/mol. The fourth-order valence-corrected chi connectivity index (χ4v) is 2.03. The van der Waals surface area contributed by atoms with E-state index < -0.39 is 0 Å². The molecule has 1 aromatic carbocycles. The number of rotatable bonds is 3. The highest BCUT2D eigenvalue weighted by atomic mass is 79.9. The van der Waals surface area contributed by atoms with Crippen LogP contribution < -0.4 is 5.32 Å². The predicted octanol–water partition coefficient (Wildman–Crippen LogP) is 2.65. The first kappa shape index (κ1) is 13.0. The summed E-state index contributed by atoms with van der Waals surface area (Å²) in [5, 5.41) is 3.18. The van der Waals surface area contributed by atoms with Crippen LogP contribution in [0.15, 0.2) is 22.7 Å². The highest BCUT2D eigenvalue weighted by Crippen LogP contribution is 2.24. The first-order valence-electron chi connectivity index (χ1n) is 5.15. The molecule has 0 saturated heterocycles. The van der Waals surface area contributed by atoms with Gasteiger partial charge in [-0.2, -0.15) is 0 Å². The van der Waals surface area contributed by atoms with E-state index in [4.69, 9.17) is 0 Å². The third-order valence-electron chi connectivity index (χ3n) is 2.31. The number of benzene rings is 1. The van der Waals surface area contributed by atoms with Crippen molar-refractivity contribution in [3.63, 3.8) is 0 Å². The molecular formula is C12H17BrN2O. The van der Waals surface area contributed by atoms with E-state index in [1.165, 1.54) is 5.56 Å². The molecule has 0 spiro atoms. The van der Waals surface area contributed by atoms with Crippen LogP contribution in [0.25, 0.3) is 0 Å². The van der Waals surface area contributed by atoms with Gasteiger partial charge in [0, 0.05) is 24.3 Å². The van der Waals surface area contributed by atoms with Crippen LogP contribution in [-0.2, 0) is 4.79 Å². The number of anilines is 1. The zero-order valence-electron chi connectivity index (χ0n) is 10.0. The summed E-state index contributed by atoms with van der Waals surface area (Å²) in [5.41, 5.74) is 2.12. The molecule has 1 amide bonds. The highest BCUT2D eigenvalue weighted by molar-refractivity contribution is 9.10. The highest BCUT2D eigenvalue weighted by Gasteiger charge is 2.15. The molecule has 1 atom stereocenters. The van der Waals surface area contributed by atoms with Crippen LogP contribution in [0.4, 0.5) is 5.69 Å². The molecule has 0 bridgehead atoms. The molecule has 0 aliphatic carbocycles. The number of nitrogens with one attached hydrogen (secondary N) is 1. The Morgan fingerprint density at radius 1 is 1.44 bits per heavy atom. The molecule has 0 radical (unpaired) electrons. The zero-order valence-corrected chi connectivity index (χ0v) is 11.6. The first-order valence-corrected chi connectivity index (χ1v) is 5.95. The maximum atomic E-state index is 11.7. The number of halogens is 1. The molecule has 1 aromatic rings. The van der Waals surface area contributed by atoms with Crippen molar-refractivity contribution in [1.29, 1.82) is 0 Å². The average Bonchev–Trinajstić information content (AvgIpc) is 2.20. The fourth-order valence-electron chi connectivity index (χ4n) is 1.42. The number of carbonyl (C=O) groups excluding carboxylic acids is 1. The van der Waals surface area contributed by atoms with Gasteiger partial charge in [0.2, 0.25) is 5.91 Å². The normalized spacial score (nSPS) is 12.1. The van der Waals surface area contributed by atoms with E-state index in [-0.39, 0.29) is 11.9 Å². The van der Waals surface area contributed by atoms with Gasteiger partial charge >= 0.3 is 0 Å². The van der Waals surface area contributed by atoms with Crippen molar-refractivity contribution in [3.05, 3.63) is 28.2 Å². The van der Waals surface area contributed by atoms with Crippen LogP contribution >= 0.6 is 15.9 Å². The van der Waals surface area contributed by atoms with Crippen molar-refractivity contribution in [2.24, 2.45) is 0 Å². The fraction of sp³-hybridized carbons (Fsp3) is 0.417. The van der Waals surface area contributed by atoms with E-state index in [1.54, 1.807) is 19.0 Å². The van der Waals surface area contributed by atoms with Gasteiger partial charge in [-0.1, -0.05) is 6.07 Å². The zero-order chi connectivity index (χ0) is 12.3. The topological polar surface area (TPSA) is 32.3 Å². The second kappa shape index (κ2) is 5.34. The quantitative estimate of drug-likeness (QED) is 0.926. The number of likely N-dealkylation sites (N-methyl/N-ethyl adjacent to an activating group) is 1. The standard InChI is InChI=1S/C12H17BrN2O/c1-8-5-6-11(10(13)7-8)14-9(2)12(16)15(3)4/h5-7,9,14H,1-4H3. The van der Waals surface area contributed by atoms with Gasteiger partial charge in [0.05, 0.1) is 0 Å². The number of amides is 1. The third kappa shape index (κ3) is 3.23. The Hall–Kier alpha value is -1.03. The van der Waals surface area contributed by atoms with Crippen molar-refractivity contribution in [1.82, 2.24) is 4.90 Å². The molecule has 16 heavy (non-hydrogen) atoms. The Balaban J connectivity index is 2.77. The van der Waals surface area contributed by atoms with Crippen LogP contribution in [0.3, 0.4) is 0 Å². The van der Waals surface area contributed by atoms with Crippen LogP contribution in [0.5, 0.6) is 0 Å². The lowest BCUT2D eigenvalue weighted by Gasteiger charge is -2.19. The summed E-state index contributed by atoms with van der Waals surface area (Å²) >= 11 is 3.47. The van der Waals surface area contributed by atoms with E-state index in [0.29, 0.717) is 0 Å². The Bertz CT molecular complexity index is 391. The molecule has 4 heteroatoms. The van der Waals surface area contributed by atoms with Gasteiger partial charge in [-0.05, 0) is 47.5 Å². The van der Waals surface area contributed by atoms with Crippen LogP contribution in [-0.4, -0.2) is 30.9 Å². The molecule has 0 fully saturated rings. The van der Waals surface area contributed by atoms with E-state index in [9.17, 15) is 4.79 Å². The Labute approximate surface area is 105 Å². The first-order chi connectivity index (χ1) is 7.41. The smallest absolute Gasteiger partial charge is 0.244 e. The summed E-state index contributed by atoms with van der Waals surface area (Å²) in [7, 11) is 3.51. The average molecular weight is 285 g/mol. The summed E-state index contributed by atoms with van der Waals surface area (Å²) < 4.78 is 0.978. The lowest BCUT2D eigenvalue weighted by molar-refractivity contribution is -0.129. The third-order valence-corrected chi connectivity index (χ3v) is 2.96. The van der Waals surface area contributed by atoms with E-state index in [2.05, 4.69) is 21.2 Å². The van der Waals surface area contributed by atoms with Gasteiger partial charge in [-0.3, -0.25) is 4.79 Å². The molecule has 1 rings (SSSR count). The predicted molar refractivity (Wildman–Crippen MR) is 70.7 cm³/mol. The van der Waals surface area contributed by atoms with Crippen molar-refractivity contribution in [2.75, 3.05) is 19.4 Å².